The molecule has 0 aliphatic rings. The molecule has 0 aliphatic carbocycles. The number of carboxylic acid groups (broad SMARTS) is 1. The van der Waals surface area contributed by atoms with Crippen molar-refractivity contribution in [3.8, 4) is 11.5 Å². The van der Waals surface area contributed by atoms with Crippen LogP contribution in [0.2, 0.25) is 0 Å². The van der Waals surface area contributed by atoms with E-state index in [1.807, 2.05) is 0 Å². The Kier molecular flexibility index (Phi) is 5.17. The van der Waals surface area contributed by atoms with Gasteiger partial charge in [-0.2, -0.15) is 0 Å². The van der Waals surface area contributed by atoms with Gasteiger partial charge in [-0.05, 0) is 18.2 Å². The third-order valence-electron chi connectivity index (χ3n) is 2.64. The summed E-state index contributed by atoms with van der Waals surface area (Å²) in [6, 6.07) is 4.75. The number of benzene rings is 1. The zero-order valence-corrected chi connectivity index (χ0v) is 11.1. The summed E-state index contributed by atoms with van der Waals surface area (Å²) >= 11 is 0. The lowest BCUT2D eigenvalue weighted by Crippen LogP contribution is -2.31. The quantitative estimate of drug-likeness (QED) is 0.807. The fraction of sp³-hybridized carbons (Fsp3) is 0.385. The summed E-state index contributed by atoms with van der Waals surface area (Å²) < 4.78 is 10.2. The maximum atomic E-state index is 11.8. The van der Waals surface area contributed by atoms with Crippen molar-refractivity contribution in [1.82, 2.24) is 5.32 Å². The molecule has 0 aliphatic heterocycles. The summed E-state index contributed by atoms with van der Waals surface area (Å²) in [5.41, 5.74) is 0.384. The lowest BCUT2D eigenvalue weighted by molar-refractivity contribution is -0.140. The van der Waals surface area contributed by atoms with E-state index in [0.717, 1.165) is 0 Å². The van der Waals surface area contributed by atoms with Crippen molar-refractivity contribution < 1.29 is 24.2 Å². The zero-order valence-electron chi connectivity index (χ0n) is 11.1. The predicted octanol–water partition coefficient (Wildman–Crippen LogP) is 1.15. The Balaban J connectivity index is 2.75. The molecule has 6 heteroatoms. The smallest absolute Gasteiger partial charge is 0.308 e. The van der Waals surface area contributed by atoms with Gasteiger partial charge in [0.25, 0.3) is 5.91 Å². The first kappa shape index (κ1) is 14.8. The molecule has 0 radical (unpaired) electrons. The van der Waals surface area contributed by atoms with Gasteiger partial charge < -0.3 is 19.9 Å². The van der Waals surface area contributed by atoms with Crippen molar-refractivity contribution in [1.29, 1.82) is 0 Å². The lowest BCUT2D eigenvalue weighted by Gasteiger charge is -2.11. The number of carbonyl (C=O) groups excluding carboxylic acids is 1. The number of carboxylic acids is 1. The second-order valence-electron chi connectivity index (χ2n) is 4.02. The molecule has 0 saturated carbocycles. The lowest BCUT2D eigenvalue weighted by atomic mass is 10.1. The van der Waals surface area contributed by atoms with Crippen molar-refractivity contribution in [3.63, 3.8) is 0 Å². The Labute approximate surface area is 111 Å². The van der Waals surface area contributed by atoms with E-state index in [0.29, 0.717) is 17.1 Å². The number of rotatable bonds is 6. The summed E-state index contributed by atoms with van der Waals surface area (Å²) in [6.45, 7) is 1.60. The van der Waals surface area contributed by atoms with Crippen LogP contribution in [0.15, 0.2) is 18.2 Å². The molecule has 2 N–H and O–H groups in total. The van der Waals surface area contributed by atoms with Crippen molar-refractivity contribution in [3.05, 3.63) is 23.8 Å². The van der Waals surface area contributed by atoms with Gasteiger partial charge in [-0.1, -0.05) is 6.92 Å². The van der Waals surface area contributed by atoms with E-state index in [-0.39, 0.29) is 12.5 Å². The number of amides is 1. The van der Waals surface area contributed by atoms with E-state index in [1.54, 1.807) is 18.2 Å². The fourth-order valence-corrected chi connectivity index (χ4v) is 1.41. The van der Waals surface area contributed by atoms with Gasteiger partial charge in [0.15, 0.2) is 11.5 Å². The standard InChI is InChI=1S/C13H17NO5/c1-8(13(16)17)7-14-12(15)9-4-5-10(18-2)11(6-9)19-3/h4-6,8H,7H2,1-3H3,(H,14,15)(H,16,17). The van der Waals surface area contributed by atoms with Gasteiger partial charge in [0.05, 0.1) is 20.1 Å². The van der Waals surface area contributed by atoms with Gasteiger partial charge >= 0.3 is 5.97 Å². The Morgan fingerprint density at radius 3 is 2.42 bits per heavy atom. The predicted molar refractivity (Wildman–Crippen MR) is 68.7 cm³/mol. The van der Waals surface area contributed by atoms with E-state index < -0.39 is 11.9 Å². The second-order valence-corrected chi connectivity index (χ2v) is 4.02. The van der Waals surface area contributed by atoms with E-state index in [4.69, 9.17) is 14.6 Å². The first-order chi connectivity index (χ1) is 8.99. The van der Waals surface area contributed by atoms with Gasteiger partial charge in [0, 0.05) is 12.1 Å². The SMILES string of the molecule is COc1ccc(C(=O)NCC(C)C(=O)O)cc1OC. The van der Waals surface area contributed by atoms with Gasteiger partial charge in [0.1, 0.15) is 0 Å². The number of methoxy groups -OCH3 is 2. The molecule has 1 aromatic carbocycles. The number of nitrogens with one attached hydrogen (secondary N) is 1. The normalized spacial score (nSPS) is 11.5. The summed E-state index contributed by atoms with van der Waals surface area (Å²) in [5.74, 6) is -0.967. The molecule has 1 aromatic rings. The summed E-state index contributed by atoms with van der Waals surface area (Å²) in [4.78, 5) is 22.5. The van der Waals surface area contributed by atoms with E-state index in [9.17, 15) is 9.59 Å². The number of hydrogen-bond acceptors (Lipinski definition) is 4. The van der Waals surface area contributed by atoms with E-state index in [1.165, 1.54) is 21.1 Å². The second kappa shape index (κ2) is 6.63. The minimum atomic E-state index is -0.951. The molecule has 0 heterocycles. The molecule has 0 saturated heterocycles. The van der Waals surface area contributed by atoms with Gasteiger partial charge in [0.2, 0.25) is 0 Å². The molecule has 1 amide bonds. The van der Waals surface area contributed by atoms with Crippen LogP contribution in [0.25, 0.3) is 0 Å². The van der Waals surface area contributed by atoms with Crippen molar-refractivity contribution >= 4 is 11.9 Å². The molecule has 0 fully saturated rings. The van der Waals surface area contributed by atoms with Crippen LogP contribution in [0.1, 0.15) is 17.3 Å². The highest BCUT2D eigenvalue weighted by molar-refractivity contribution is 5.95. The van der Waals surface area contributed by atoms with Gasteiger partial charge in [-0.3, -0.25) is 9.59 Å². The molecule has 1 rings (SSSR count). The summed E-state index contributed by atoms with van der Waals surface area (Å²) in [5, 5.41) is 11.3. The fourth-order valence-electron chi connectivity index (χ4n) is 1.41. The van der Waals surface area contributed by atoms with Crippen molar-refractivity contribution in [2.45, 2.75) is 6.92 Å². The van der Waals surface area contributed by atoms with Crippen LogP contribution in [0, 0.1) is 5.92 Å². The Morgan fingerprint density at radius 2 is 1.89 bits per heavy atom. The zero-order chi connectivity index (χ0) is 14.4. The van der Waals surface area contributed by atoms with Crippen LogP contribution < -0.4 is 14.8 Å². The Bertz CT molecular complexity index is 472. The van der Waals surface area contributed by atoms with E-state index in [2.05, 4.69) is 5.32 Å². The van der Waals surface area contributed by atoms with Gasteiger partial charge in [-0.15, -0.1) is 0 Å². The maximum Gasteiger partial charge on any atom is 0.308 e. The Morgan fingerprint density at radius 1 is 1.26 bits per heavy atom. The Hall–Kier alpha value is -2.24. The molecule has 19 heavy (non-hydrogen) atoms. The summed E-state index contributed by atoms with van der Waals surface area (Å²) in [7, 11) is 2.98. The molecule has 6 nitrogen and oxygen atoms in total. The first-order valence-corrected chi connectivity index (χ1v) is 5.72. The molecular weight excluding hydrogens is 250 g/mol. The van der Waals surface area contributed by atoms with E-state index >= 15 is 0 Å². The molecule has 104 valence electrons. The average molecular weight is 267 g/mol. The number of hydrogen-bond donors (Lipinski definition) is 2. The number of aliphatic carboxylic acids is 1. The monoisotopic (exact) mass is 267 g/mol. The van der Waals surface area contributed by atoms with Crippen LogP contribution in [0.5, 0.6) is 11.5 Å². The molecule has 0 bridgehead atoms. The van der Waals surface area contributed by atoms with Crippen LogP contribution in [-0.4, -0.2) is 37.7 Å². The third-order valence-corrected chi connectivity index (χ3v) is 2.64. The van der Waals surface area contributed by atoms with Crippen LogP contribution in [-0.2, 0) is 4.79 Å². The number of carbonyl (C=O) groups is 2. The number of ether oxygens (including phenoxy) is 2. The molecule has 0 spiro atoms. The molecular formula is C13H17NO5. The van der Waals surface area contributed by atoms with Crippen LogP contribution in [0.3, 0.4) is 0 Å². The maximum absolute atomic E-state index is 11.8. The molecule has 1 unspecified atom stereocenters. The highest BCUT2D eigenvalue weighted by atomic mass is 16.5. The van der Waals surface area contributed by atoms with Gasteiger partial charge in [-0.25, -0.2) is 0 Å². The largest absolute Gasteiger partial charge is 0.493 e. The first-order valence-electron chi connectivity index (χ1n) is 5.72. The van der Waals surface area contributed by atoms with Crippen molar-refractivity contribution in [2.75, 3.05) is 20.8 Å². The van der Waals surface area contributed by atoms with Crippen LogP contribution >= 0.6 is 0 Å². The highest BCUT2D eigenvalue weighted by Gasteiger charge is 2.14. The third kappa shape index (κ3) is 3.87. The van der Waals surface area contributed by atoms with Crippen molar-refractivity contribution in [2.24, 2.45) is 5.92 Å². The summed E-state index contributed by atoms with van der Waals surface area (Å²) in [6.07, 6.45) is 0. The average Bonchev–Trinajstić information content (AvgIpc) is 2.43. The highest BCUT2D eigenvalue weighted by Crippen LogP contribution is 2.27. The molecule has 1 atom stereocenters. The topological polar surface area (TPSA) is 84.9 Å². The minimum Gasteiger partial charge on any atom is -0.493 e. The van der Waals surface area contributed by atoms with Crippen LogP contribution in [0.4, 0.5) is 0 Å². The molecule has 0 aromatic heterocycles. The minimum absolute atomic E-state index is 0.0719.